The Morgan fingerprint density at radius 1 is 1.32 bits per heavy atom. The SMILES string of the molecule is COc1cccc(-c2c(F)cccc2C(O)C(CCNC(=O)CO)[C@H]2CCCNC2)c1. The number of hydrogen-bond donors (Lipinski definition) is 4. The number of carbonyl (C=O) groups is 1. The zero-order valence-electron chi connectivity index (χ0n) is 17.8. The third kappa shape index (κ3) is 5.81. The van der Waals surface area contributed by atoms with E-state index in [1.54, 1.807) is 43.5 Å². The fourth-order valence-corrected chi connectivity index (χ4v) is 4.43. The molecule has 2 aromatic rings. The molecule has 1 aliphatic heterocycles. The molecule has 0 aliphatic carbocycles. The van der Waals surface area contributed by atoms with Crippen molar-refractivity contribution in [1.82, 2.24) is 10.6 Å². The highest BCUT2D eigenvalue weighted by Crippen LogP contribution is 2.40. The fraction of sp³-hybridized carbons (Fsp3) is 0.458. The van der Waals surface area contributed by atoms with Crippen LogP contribution >= 0.6 is 0 Å². The summed E-state index contributed by atoms with van der Waals surface area (Å²) in [5, 5.41) is 26.5. The van der Waals surface area contributed by atoms with Crippen LogP contribution in [0.2, 0.25) is 0 Å². The number of nitrogens with one attached hydrogen (secondary N) is 2. The van der Waals surface area contributed by atoms with Gasteiger partial charge in [0.1, 0.15) is 18.2 Å². The minimum atomic E-state index is -0.909. The Hall–Kier alpha value is -2.48. The van der Waals surface area contributed by atoms with Crippen LogP contribution in [-0.2, 0) is 4.79 Å². The van der Waals surface area contributed by atoms with Gasteiger partial charge in [-0.1, -0.05) is 24.3 Å². The lowest BCUT2D eigenvalue weighted by atomic mass is 9.77. The lowest BCUT2D eigenvalue weighted by Gasteiger charge is -2.35. The molecule has 1 aliphatic rings. The summed E-state index contributed by atoms with van der Waals surface area (Å²) in [7, 11) is 1.56. The zero-order chi connectivity index (χ0) is 22.2. The van der Waals surface area contributed by atoms with E-state index < -0.39 is 24.4 Å². The molecule has 0 aromatic heterocycles. The first kappa shape index (κ1) is 23.2. The molecule has 3 rings (SSSR count). The number of aliphatic hydroxyl groups excluding tert-OH is 2. The quantitative estimate of drug-likeness (QED) is 0.491. The average molecular weight is 431 g/mol. The first-order valence-electron chi connectivity index (χ1n) is 10.7. The predicted octanol–water partition coefficient (Wildman–Crippen LogP) is 2.65. The van der Waals surface area contributed by atoms with Crippen LogP contribution in [0.4, 0.5) is 4.39 Å². The van der Waals surface area contributed by atoms with E-state index in [9.17, 15) is 14.3 Å². The number of halogens is 1. The molecule has 3 atom stereocenters. The fourth-order valence-electron chi connectivity index (χ4n) is 4.43. The summed E-state index contributed by atoms with van der Waals surface area (Å²) in [6.45, 7) is 1.47. The number of ether oxygens (including phenoxy) is 1. The standard InChI is InChI=1S/C24H31FN2O4/c1-31-18-7-2-5-16(13-18)23-20(8-3-9-21(23)25)24(30)19(10-12-27-22(29)15-28)17-6-4-11-26-14-17/h2-3,5,7-9,13,17,19,24,26,28,30H,4,6,10-12,14-15H2,1H3,(H,27,29)/t17-,19?,24?/m0/s1. The molecule has 168 valence electrons. The first-order chi connectivity index (χ1) is 15.0. The molecule has 0 bridgehead atoms. The molecule has 0 spiro atoms. The Kier molecular flexibility index (Phi) is 8.40. The summed E-state index contributed by atoms with van der Waals surface area (Å²) >= 11 is 0. The summed E-state index contributed by atoms with van der Waals surface area (Å²) in [5.74, 6) is -0.230. The van der Waals surface area contributed by atoms with Crippen molar-refractivity contribution in [2.75, 3.05) is 33.4 Å². The minimum Gasteiger partial charge on any atom is -0.497 e. The van der Waals surface area contributed by atoms with Crippen molar-refractivity contribution in [3.63, 3.8) is 0 Å². The first-order valence-corrected chi connectivity index (χ1v) is 10.7. The zero-order valence-corrected chi connectivity index (χ0v) is 17.8. The van der Waals surface area contributed by atoms with Gasteiger partial charge in [-0.05, 0) is 73.5 Å². The van der Waals surface area contributed by atoms with Crippen LogP contribution in [0, 0.1) is 17.7 Å². The van der Waals surface area contributed by atoms with Crippen LogP contribution < -0.4 is 15.4 Å². The van der Waals surface area contributed by atoms with Gasteiger partial charge in [-0.15, -0.1) is 0 Å². The Morgan fingerprint density at radius 3 is 2.84 bits per heavy atom. The van der Waals surface area contributed by atoms with Gasteiger partial charge in [-0.3, -0.25) is 4.79 Å². The highest BCUT2D eigenvalue weighted by atomic mass is 19.1. The van der Waals surface area contributed by atoms with E-state index in [0.717, 1.165) is 25.9 Å². The van der Waals surface area contributed by atoms with Crippen LogP contribution in [0.25, 0.3) is 11.1 Å². The van der Waals surface area contributed by atoms with Crippen molar-refractivity contribution in [3.8, 4) is 16.9 Å². The van der Waals surface area contributed by atoms with Crippen LogP contribution in [0.3, 0.4) is 0 Å². The number of amides is 1. The molecule has 0 radical (unpaired) electrons. The lowest BCUT2D eigenvalue weighted by Crippen LogP contribution is -2.38. The number of benzene rings is 2. The second-order valence-electron chi connectivity index (χ2n) is 7.95. The van der Waals surface area contributed by atoms with E-state index in [4.69, 9.17) is 9.84 Å². The van der Waals surface area contributed by atoms with Gasteiger partial charge in [0.2, 0.25) is 5.91 Å². The predicted molar refractivity (Wildman–Crippen MR) is 117 cm³/mol. The summed E-state index contributed by atoms with van der Waals surface area (Å²) in [4.78, 5) is 11.5. The molecular weight excluding hydrogens is 399 g/mol. The lowest BCUT2D eigenvalue weighted by molar-refractivity contribution is -0.123. The number of aliphatic hydroxyl groups is 2. The van der Waals surface area contributed by atoms with E-state index in [-0.39, 0.29) is 11.8 Å². The molecule has 31 heavy (non-hydrogen) atoms. The largest absolute Gasteiger partial charge is 0.497 e. The number of piperidine rings is 1. The van der Waals surface area contributed by atoms with Crippen molar-refractivity contribution in [1.29, 1.82) is 0 Å². The molecule has 2 aromatic carbocycles. The Bertz CT molecular complexity index is 870. The summed E-state index contributed by atoms with van der Waals surface area (Å²) < 4.78 is 20.3. The summed E-state index contributed by atoms with van der Waals surface area (Å²) in [6.07, 6.45) is 1.57. The highest BCUT2D eigenvalue weighted by molar-refractivity contribution is 5.76. The van der Waals surface area contributed by atoms with E-state index in [2.05, 4.69) is 10.6 Å². The van der Waals surface area contributed by atoms with Gasteiger partial charge in [0, 0.05) is 12.1 Å². The Balaban J connectivity index is 1.93. The molecule has 1 saturated heterocycles. The van der Waals surface area contributed by atoms with E-state index in [0.29, 0.717) is 35.4 Å². The van der Waals surface area contributed by atoms with Gasteiger partial charge in [-0.25, -0.2) is 4.39 Å². The van der Waals surface area contributed by atoms with Gasteiger partial charge in [0.05, 0.1) is 13.2 Å². The van der Waals surface area contributed by atoms with Gasteiger partial charge in [0.15, 0.2) is 0 Å². The normalized spacial score (nSPS) is 18.3. The van der Waals surface area contributed by atoms with Gasteiger partial charge >= 0.3 is 0 Å². The van der Waals surface area contributed by atoms with E-state index in [1.165, 1.54) is 6.07 Å². The van der Waals surface area contributed by atoms with Crippen molar-refractivity contribution in [2.45, 2.75) is 25.4 Å². The second kappa shape index (κ2) is 11.2. The topological polar surface area (TPSA) is 90.8 Å². The molecule has 4 N–H and O–H groups in total. The second-order valence-corrected chi connectivity index (χ2v) is 7.95. The molecule has 0 saturated carbocycles. The Morgan fingerprint density at radius 2 is 2.13 bits per heavy atom. The third-order valence-electron chi connectivity index (χ3n) is 6.01. The van der Waals surface area contributed by atoms with E-state index >= 15 is 0 Å². The van der Waals surface area contributed by atoms with Crippen molar-refractivity contribution in [2.24, 2.45) is 11.8 Å². The van der Waals surface area contributed by atoms with Gasteiger partial charge in [-0.2, -0.15) is 0 Å². The number of carbonyl (C=O) groups excluding carboxylic acids is 1. The van der Waals surface area contributed by atoms with Crippen LogP contribution in [0.15, 0.2) is 42.5 Å². The number of methoxy groups -OCH3 is 1. The van der Waals surface area contributed by atoms with Crippen molar-refractivity contribution < 1.29 is 24.1 Å². The monoisotopic (exact) mass is 430 g/mol. The molecule has 6 nitrogen and oxygen atoms in total. The summed E-state index contributed by atoms with van der Waals surface area (Å²) in [6, 6.07) is 11.9. The maximum atomic E-state index is 15.0. The smallest absolute Gasteiger partial charge is 0.245 e. The summed E-state index contributed by atoms with van der Waals surface area (Å²) in [5.41, 5.74) is 1.53. The molecule has 1 fully saturated rings. The third-order valence-corrected chi connectivity index (χ3v) is 6.01. The molecule has 1 amide bonds. The average Bonchev–Trinajstić information content (AvgIpc) is 2.81. The number of rotatable bonds is 9. The van der Waals surface area contributed by atoms with Gasteiger partial charge < -0.3 is 25.6 Å². The minimum absolute atomic E-state index is 0.182. The van der Waals surface area contributed by atoms with E-state index in [1.807, 2.05) is 0 Å². The maximum absolute atomic E-state index is 15.0. The number of hydrogen-bond acceptors (Lipinski definition) is 5. The van der Waals surface area contributed by atoms with Crippen LogP contribution in [0.1, 0.15) is 30.9 Å². The Labute approximate surface area is 182 Å². The highest BCUT2D eigenvalue weighted by Gasteiger charge is 2.32. The molecule has 2 unspecified atom stereocenters. The molecular formula is C24H31FN2O4. The maximum Gasteiger partial charge on any atom is 0.245 e. The molecule has 1 heterocycles. The van der Waals surface area contributed by atoms with Crippen LogP contribution in [-0.4, -0.2) is 49.5 Å². The van der Waals surface area contributed by atoms with Crippen molar-refractivity contribution in [3.05, 3.63) is 53.8 Å². The van der Waals surface area contributed by atoms with Crippen molar-refractivity contribution >= 4 is 5.91 Å². The molecule has 7 heteroatoms. The van der Waals surface area contributed by atoms with Crippen LogP contribution in [0.5, 0.6) is 5.75 Å². The van der Waals surface area contributed by atoms with Gasteiger partial charge in [0.25, 0.3) is 0 Å².